The van der Waals surface area contributed by atoms with Crippen molar-refractivity contribution in [1.82, 2.24) is 4.90 Å². The lowest BCUT2D eigenvalue weighted by molar-refractivity contribution is -0.134. The molecular weight excluding hydrogens is 277 g/mol. The summed E-state index contributed by atoms with van der Waals surface area (Å²) in [4.78, 5) is 14.9. The van der Waals surface area contributed by atoms with Gasteiger partial charge in [0.1, 0.15) is 5.82 Å². The predicted molar refractivity (Wildman–Crippen MR) is 84.8 cm³/mol. The maximum absolute atomic E-state index is 13.1. The van der Waals surface area contributed by atoms with Crippen molar-refractivity contribution >= 4 is 5.91 Å². The summed E-state index contributed by atoms with van der Waals surface area (Å²) in [6.45, 7) is 3.30. The van der Waals surface area contributed by atoms with Gasteiger partial charge in [0.2, 0.25) is 5.91 Å². The van der Waals surface area contributed by atoms with Gasteiger partial charge in [-0.05, 0) is 43.0 Å². The van der Waals surface area contributed by atoms with Crippen molar-refractivity contribution in [3.8, 4) is 0 Å². The second-order valence-electron chi connectivity index (χ2n) is 5.89. The molecule has 22 heavy (non-hydrogen) atoms. The molecule has 1 aliphatic rings. The second-order valence-corrected chi connectivity index (χ2v) is 5.89. The van der Waals surface area contributed by atoms with Crippen molar-refractivity contribution in [1.29, 1.82) is 0 Å². The Hall–Kier alpha value is -2.16. The van der Waals surface area contributed by atoms with E-state index in [1.165, 1.54) is 12.1 Å². The van der Waals surface area contributed by atoms with Gasteiger partial charge in [-0.15, -0.1) is 0 Å². The van der Waals surface area contributed by atoms with Crippen molar-refractivity contribution in [2.24, 2.45) is 0 Å². The molecule has 0 aromatic heterocycles. The van der Waals surface area contributed by atoms with Gasteiger partial charge in [-0.2, -0.15) is 0 Å². The first-order valence-electron chi connectivity index (χ1n) is 7.75. The first kappa shape index (κ1) is 14.8. The smallest absolute Gasteiger partial charge is 0.233 e. The summed E-state index contributed by atoms with van der Waals surface area (Å²) in [6, 6.07) is 16.4. The third-order valence-corrected chi connectivity index (χ3v) is 4.44. The summed E-state index contributed by atoms with van der Waals surface area (Å²) >= 11 is 0. The molecule has 3 rings (SSSR count). The predicted octanol–water partition coefficient (Wildman–Crippen LogP) is 3.91. The number of nitrogens with zero attached hydrogens (tertiary/aromatic N) is 1. The molecule has 3 heteroatoms. The molecule has 1 amide bonds. The van der Waals surface area contributed by atoms with E-state index in [1.54, 1.807) is 12.1 Å². The summed E-state index contributed by atoms with van der Waals surface area (Å²) in [7, 11) is 0. The zero-order valence-corrected chi connectivity index (χ0v) is 12.8. The van der Waals surface area contributed by atoms with Gasteiger partial charge in [-0.25, -0.2) is 4.39 Å². The largest absolute Gasteiger partial charge is 0.338 e. The first-order valence-corrected chi connectivity index (χ1v) is 7.75. The van der Waals surface area contributed by atoms with Crippen LogP contribution in [0.4, 0.5) is 4.39 Å². The van der Waals surface area contributed by atoms with Crippen LogP contribution in [-0.4, -0.2) is 17.4 Å². The number of amides is 1. The Morgan fingerprint density at radius 2 is 1.73 bits per heavy atom. The summed E-state index contributed by atoms with van der Waals surface area (Å²) < 4.78 is 13.1. The summed E-state index contributed by atoms with van der Waals surface area (Å²) in [5, 5.41) is 0. The van der Waals surface area contributed by atoms with Crippen LogP contribution < -0.4 is 0 Å². The molecule has 2 aromatic rings. The molecule has 114 valence electrons. The maximum Gasteiger partial charge on any atom is 0.233 e. The normalized spacial score (nSPS) is 15.4. The molecule has 0 unspecified atom stereocenters. The molecule has 0 atom stereocenters. The molecule has 1 aliphatic carbocycles. The molecule has 0 N–H and O–H groups in total. The fraction of sp³-hybridized carbons (Fsp3) is 0.316. The van der Waals surface area contributed by atoms with Gasteiger partial charge in [0, 0.05) is 13.1 Å². The number of halogens is 1. The van der Waals surface area contributed by atoms with Crippen molar-refractivity contribution < 1.29 is 9.18 Å². The van der Waals surface area contributed by atoms with E-state index in [0.29, 0.717) is 13.1 Å². The monoisotopic (exact) mass is 297 g/mol. The highest BCUT2D eigenvalue weighted by Crippen LogP contribution is 2.49. The van der Waals surface area contributed by atoms with Crippen LogP contribution in [0.1, 0.15) is 30.9 Å². The maximum atomic E-state index is 13.1. The molecule has 0 aliphatic heterocycles. The Morgan fingerprint density at radius 3 is 2.27 bits per heavy atom. The summed E-state index contributed by atoms with van der Waals surface area (Å²) in [5.41, 5.74) is 1.64. The number of hydrogen-bond acceptors (Lipinski definition) is 1. The molecule has 0 bridgehead atoms. The van der Waals surface area contributed by atoms with Crippen LogP contribution in [0.3, 0.4) is 0 Å². The van der Waals surface area contributed by atoms with E-state index in [1.807, 2.05) is 42.2 Å². The van der Waals surface area contributed by atoms with E-state index in [0.717, 1.165) is 24.0 Å². The minimum Gasteiger partial charge on any atom is -0.338 e. The summed E-state index contributed by atoms with van der Waals surface area (Å²) in [5.74, 6) is -0.103. The van der Waals surface area contributed by atoms with Gasteiger partial charge >= 0.3 is 0 Å². The number of carbonyl (C=O) groups excluding carboxylic acids is 1. The Morgan fingerprint density at radius 1 is 1.09 bits per heavy atom. The van der Waals surface area contributed by atoms with Crippen LogP contribution in [0.2, 0.25) is 0 Å². The lowest BCUT2D eigenvalue weighted by Crippen LogP contribution is -2.38. The number of hydrogen-bond donors (Lipinski definition) is 0. The Balaban J connectivity index is 1.80. The topological polar surface area (TPSA) is 20.3 Å². The van der Waals surface area contributed by atoms with Crippen LogP contribution in [0, 0.1) is 5.82 Å². The van der Waals surface area contributed by atoms with Crippen LogP contribution in [0.15, 0.2) is 54.6 Å². The molecule has 1 saturated carbocycles. The number of likely N-dealkylation sites (N-methyl/N-ethyl adjacent to an activating group) is 1. The van der Waals surface area contributed by atoms with Gasteiger partial charge < -0.3 is 4.90 Å². The molecule has 0 radical (unpaired) electrons. The van der Waals surface area contributed by atoms with Crippen molar-refractivity contribution in [2.45, 2.75) is 31.7 Å². The minimum atomic E-state index is -0.432. The standard InChI is InChI=1S/C19H20FNO/c1-2-21(14-15-6-4-3-5-7-15)18(22)19(12-13-19)16-8-10-17(20)11-9-16/h3-11H,2,12-14H2,1H3. The molecule has 0 spiro atoms. The van der Waals surface area contributed by atoms with E-state index in [2.05, 4.69) is 0 Å². The SMILES string of the molecule is CCN(Cc1ccccc1)C(=O)C1(c2ccc(F)cc2)CC1. The number of carbonyl (C=O) groups is 1. The second kappa shape index (κ2) is 5.91. The molecule has 2 nitrogen and oxygen atoms in total. The van der Waals surface area contributed by atoms with Crippen molar-refractivity contribution in [2.75, 3.05) is 6.54 Å². The third kappa shape index (κ3) is 2.76. The highest BCUT2D eigenvalue weighted by Gasteiger charge is 2.52. The number of rotatable bonds is 5. The van der Waals surface area contributed by atoms with E-state index in [-0.39, 0.29) is 11.7 Å². The van der Waals surface area contributed by atoms with Gasteiger partial charge in [0.25, 0.3) is 0 Å². The van der Waals surface area contributed by atoms with Gasteiger partial charge in [-0.3, -0.25) is 4.79 Å². The Bertz CT molecular complexity index is 647. The van der Waals surface area contributed by atoms with E-state index >= 15 is 0 Å². The molecule has 0 heterocycles. The molecule has 1 fully saturated rings. The van der Waals surface area contributed by atoms with E-state index < -0.39 is 5.41 Å². The van der Waals surface area contributed by atoms with E-state index in [9.17, 15) is 9.18 Å². The van der Waals surface area contributed by atoms with Gasteiger partial charge in [-0.1, -0.05) is 42.5 Å². The molecule has 2 aromatic carbocycles. The lowest BCUT2D eigenvalue weighted by Gasteiger charge is -2.26. The molecular formula is C19H20FNO. The van der Waals surface area contributed by atoms with Crippen LogP contribution in [0.25, 0.3) is 0 Å². The Labute approximate surface area is 130 Å². The zero-order valence-electron chi connectivity index (χ0n) is 12.8. The van der Waals surface area contributed by atoms with Crippen molar-refractivity contribution in [3.63, 3.8) is 0 Å². The summed E-state index contributed by atoms with van der Waals surface area (Å²) in [6.07, 6.45) is 1.70. The fourth-order valence-electron chi connectivity index (χ4n) is 2.95. The average molecular weight is 297 g/mol. The Kier molecular flexibility index (Phi) is 3.97. The van der Waals surface area contributed by atoms with Crippen LogP contribution in [-0.2, 0) is 16.8 Å². The van der Waals surface area contributed by atoms with E-state index in [4.69, 9.17) is 0 Å². The van der Waals surface area contributed by atoms with Gasteiger partial charge in [0.05, 0.1) is 5.41 Å². The highest BCUT2D eigenvalue weighted by atomic mass is 19.1. The fourth-order valence-corrected chi connectivity index (χ4v) is 2.95. The third-order valence-electron chi connectivity index (χ3n) is 4.44. The lowest BCUT2D eigenvalue weighted by atomic mass is 9.94. The van der Waals surface area contributed by atoms with Crippen molar-refractivity contribution in [3.05, 3.63) is 71.5 Å². The average Bonchev–Trinajstić information content (AvgIpc) is 3.35. The highest BCUT2D eigenvalue weighted by molar-refractivity contribution is 5.91. The minimum absolute atomic E-state index is 0.158. The first-order chi connectivity index (χ1) is 10.7. The quantitative estimate of drug-likeness (QED) is 0.819. The number of benzene rings is 2. The van der Waals surface area contributed by atoms with Crippen LogP contribution in [0.5, 0.6) is 0 Å². The molecule has 0 saturated heterocycles. The van der Waals surface area contributed by atoms with Gasteiger partial charge in [0.15, 0.2) is 0 Å². The van der Waals surface area contributed by atoms with Crippen LogP contribution >= 0.6 is 0 Å². The zero-order chi connectivity index (χ0) is 15.6.